The second-order valence-corrected chi connectivity index (χ2v) is 5.36. The molecule has 0 spiro atoms. The smallest absolute Gasteiger partial charge is 0.307 e. The number of aromatic amines is 1. The third-order valence-electron chi connectivity index (χ3n) is 2.33. The topological polar surface area (TPSA) is 112 Å². The van der Waals surface area contributed by atoms with E-state index in [4.69, 9.17) is 5.11 Å². The molecule has 1 heterocycles. The molecule has 8 heteroatoms. The van der Waals surface area contributed by atoms with Gasteiger partial charge in [0.2, 0.25) is 0 Å². The predicted octanol–water partition coefficient (Wildman–Crippen LogP) is 0.107. The zero-order chi connectivity index (χ0) is 13.1. The van der Waals surface area contributed by atoms with Crippen LogP contribution in [0.4, 0.5) is 0 Å². The number of hydrogen-bond acceptors (Lipinski definition) is 4. The molecular weight excluding hydrogens is 246 g/mol. The van der Waals surface area contributed by atoms with Gasteiger partial charge in [-0.3, -0.25) is 4.79 Å². The summed E-state index contributed by atoms with van der Waals surface area (Å²) < 4.78 is 25.7. The Morgan fingerprint density at radius 1 is 1.65 bits per heavy atom. The van der Waals surface area contributed by atoms with Gasteiger partial charge in [-0.05, 0) is 13.3 Å². The molecule has 1 aromatic heterocycles. The first-order valence-corrected chi connectivity index (χ1v) is 6.59. The Bertz CT molecular complexity index is 494. The number of rotatable bonds is 6. The Balaban J connectivity index is 2.71. The Labute approximate surface area is 99.3 Å². The largest absolute Gasteiger partial charge is 0.481 e. The van der Waals surface area contributed by atoms with Gasteiger partial charge in [-0.15, -0.1) is 0 Å². The fourth-order valence-corrected chi connectivity index (χ4v) is 2.28. The van der Waals surface area contributed by atoms with E-state index in [1.807, 2.05) is 0 Å². The van der Waals surface area contributed by atoms with Crippen molar-refractivity contribution in [3.8, 4) is 0 Å². The first-order valence-electron chi connectivity index (χ1n) is 5.11. The van der Waals surface area contributed by atoms with Crippen molar-refractivity contribution in [2.45, 2.75) is 25.3 Å². The van der Waals surface area contributed by atoms with Crippen molar-refractivity contribution in [3.05, 3.63) is 12.0 Å². The molecule has 0 aliphatic heterocycles. The molecule has 0 radical (unpaired) electrons. The fraction of sp³-hybridized carbons (Fsp3) is 0.556. The molecule has 0 aliphatic carbocycles. The van der Waals surface area contributed by atoms with Gasteiger partial charge in [0.05, 0.1) is 12.1 Å². The highest BCUT2D eigenvalue weighted by atomic mass is 32.2. The van der Waals surface area contributed by atoms with Crippen LogP contribution in [-0.4, -0.2) is 36.0 Å². The number of aryl methyl sites for hydroxylation is 1. The Hall–Kier alpha value is -1.41. The predicted molar refractivity (Wildman–Crippen MR) is 59.9 cm³/mol. The molecule has 0 saturated heterocycles. The first-order chi connectivity index (χ1) is 7.86. The van der Waals surface area contributed by atoms with E-state index in [1.54, 1.807) is 13.8 Å². The van der Waals surface area contributed by atoms with E-state index in [-0.39, 0.29) is 11.6 Å². The number of aromatic nitrogens is 2. The van der Waals surface area contributed by atoms with E-state index < -0.39 is 21.9 Å². The standard InChI is InChI=1S/C9H15N3O4S/c1-3-7(9(13)14)4-11-17(15,16)8-5-10-6(2)12-8/h5,7,11H,3-4H2,1-2H3,(H,10,12)(H,13,14). The summed E-state index contributed by atoms with van der Waals surface area (Å²) in [5, 5.41) is 8.73. The zero-order valence-electron chi connectivity index (χ0n) is 9.60. The maximum Gasteiger partial charge on any atom is 0.307 e. The Kier molecular flexibility index (Phi) is 4.24. The quantitative estimate of drug-likeness (QED) is 0.672. The monoisotopic (exact) mass is 261 g/mol. The van der Waals surface area contributed by atoms with Gasteiger partial charge in [-0.2, -0.15) is 0 Å². The highest BCUT2D eigenvalue weighted by Gasteiger charge is 2.21. The highest BCUT2D eigenvalue weighted by Crippen LogP contribution is 2.07. The molecule has 1 aromatic rings. The Morgan fingerprint density at radius 2 is 2.29 bits per heavy atom. The lowest BCUT2D eigenvalue weighted by Crippen LogP contribution is -2.32. The number of aliphatic carboxylic acids is 1. The lowest BCUT2D eigenvalue weighted by Gasteiger charge is -2.10. The summed E-state index contributed by atoms with van der Waals surface area (Å²) in [5.74, 6) is -1.26. The molecule has 0 aromatic carbocycles. The molecule has 0 saturated carbocycles. The number of nitrogens with one attached hydrogen (secondary N) is 2. The van der Waals surface area contributed by atoms with Crippen molar-refractivity contribution in [2.75, 3.05) is 6.54 Å². The number of nitrogens with zero attached hydrogens (tertiary/aromatic N) is 1. The third kappa shape index (κ3) is 3.53. The number of carbonyl (C=O) groups is 1. The van der Waals surface area contributed by atoms with E-state index in [1.165, 1.54) is 6.20 Å². The van der Waals surface area contributed by atoms with Crippen LogP contribution in [0, 0.1) is 12.8 Å². The first kappa shape index (κ1) is 13.7. The van der Waals surface area contributed by atoms with Gasteiger partial charge in [-0.1, -0.05) is 6.92 Å². The van der Waals surface area contributed by atoms with E-state index in [2.05, 4.69) is 14.7 Å². The molecule has 96 valence electrons. The van der Waals surface area contributed by atoms with Crippen molar-refractivity contribution in [1.29, 1.82) is 0 Å². The van der Waals surface area contributed by atoms with Gasteiger partial charge in [-0.25, -0.2) is 18.1 Å². The second kappa shape index (κ2) is 5.28. The second-order valence-electron chi connectivity index (χ2n) is 3.63. The van der Waals surface area contributed by atoms with Crippen molar-refractivity contribution in [2.24, 2.45) is 5.92 Å². The van der Waals surface area contributed by atoms with Gasteiger partial charge in [0.15, 0.2) is 5.03 Å². The minimum atomic E-state index is -3.71. The number of H-pyrrole nitrogens is 1. The normalized spacial score (nSPS) is 13.5. The number of carboxylic acid groups (broad SMARTS) is 1. The summed E-state index contributed by atoms with van der Waals surface area (Å²) in [5.41, 5.74) is 0. The summed E-state index contributed by atoms with van der Waals surface area (Å²) in [4.78, 5) is 17.1. The van der Waals surface area contributed by atoms with Gasteiger partial charge < -0.3 is 10.1 Å². The van der Waals surface area contributed by atoms with Crippen LogP contribution < -0.4 is 4.72 Å². The van der Waals surface area contributed by atoms with Gasteiger partial charge in [0, 0.05) is 6.54 Å². The summed E-state index contributed by atoms with van der Waals surface area (Å²) in [6, 6.07) is 0. The van der Waals surface area contributed by atoms with Crippen molar-refractivity contribution in [1.82, 2.24) is 14.7 Å². The Morgan fingerprint density at radius 3 is 2.71 bits per heavy atom. The van der Waals surface area contributed by atoms with Gasteiger partial charge >= 0.3 is 5.97 Å². The van der Waals surface area contributed by atoms with Crippen LogP contribution in [0.2, 0.25) is 0 Å². The van der Waals surface area contributed by atoms with E-state index in [0.717, 1.165) is 0 Å². The summed E-state index contributed by atoms with van der Waals surface area (Å²) in [6.07, 6.45) is 1.55. The molecule has 0 amide bonds. The molecule has 1 unspecified atom stereocenters. The maximum atomic E-state index is 11.7. The minimum absolute atomic E-state index is 0.0600. The fourth-order valence-electron chi connectivity index (χ4n) is 1.23. The van der Waals surface area contributed by atoms with Crippen LogP contribution in [0.15, 0.2) is 11.2 Å². The molecule has 7 nitrogen and oxygen atoms in total. The summed E-state index contributed by atoms with van der Waals surface area (Å²) in [6.45, 7) is 3.19. The van der Waals surface area contributed by atoms with E-state index >= 15 is 0 Å². The van der Waals surface area contributed by atoms with E-state index in [9.17, 15) is 13.2 Å². The molecule has 17 heavy (non-hydrogen) atoms. The molecule has 1 rings (SSSR count). The summed E-state index contributed by atoms with van der Waals surface area (Å²) in [7, 11) is -3.71. The SMILES string of the molecule is CCC(CNS(=O)(=O)c1cnc(C)[nH]1)C(=O)O. The van der Waals surface area contributed by atoms with Gasteiger partial charge in [0.25, 0.3) is 10.0 Å². The van der Waals surface area contributed by atoms with Crippen LogP contribution in [0.5, 0.6) is 0 Å². The van der Waals surface area contributed by atoms with Crippen LogP contribution in [0.1, 0.15) is 19.2 Å². The molecular formula is C9H15N3O4S. The van der Waals surface area contributed by atoms with Crippen molar-refractivity contribution >= 4 is 16.0 Å². The number of sulfonamides is 1. The minimum Gasteiger partial charge on any atom is -0.481 e. The van der Waals surface area contributed by atoms with E-state index in [0.29, 0.717) is 12.2 Å². The highest BCUT2D eigenvalue weighted by molar-refractivity contribution is 7.89. The molecule has 0 fully saturated rings. The van der Waals surface area contributed by atoms with Crippen molar-refractivity contribution < 1.29 is 18.3 Å². The molecule has 0 bridgehead atoms. The van der Waals surface area contributed by atoms with Crippen LogP contribution >= 0.6 is 0 Å². The zero-order valence-corrected chi connectivity index (χ0v) is 10.4. The van der Waals surface area contributed by atoms with Crippen LogP contribution in [0.3, 0.4) is 0 Å². The molecule has 0 aliphatic rings. The number of hydrogen-bond donors (Lipinski definition) is 3. The lowest BCUT2D eigenvalue weighted by molar-refractivity contribution is -0.141. The maximum absolute atomic E-state index is 11.7. The molecule has 1 atom stereocenters. The van der Waals surface area contributed by atoms with Crippen LogP contribution in [-0.2, 0) is 14.8 Å². The van der Waals surface area contributed by atoms with Gasteiger partial charge in [0.1, 0.15) is 5.82 Å². The summed E-state index contributed by atoms with van der Waals surface area (Å²) >= 11 is 0. The number of carboxylic acids is 1. The third-order valence-corrected chi connectivity index (χ3v) is 3.66. The average Bonchev–Trinajstić information content (AvgIpc) is 2.66. The van der Waals surface area contributed by atoms with Crippen LogP contribution in [0.25, 0.3) is 0 Å². The molecule has 3 N–H and O–H groups in total. The number of imidazole rings is 1. The average molecular weight is 261 g/mol. The lowest BCUT2D eigenvalue weighted by atomic mass is 10.1. The van der Waals surface area contributed by atoms with Crippen molar-refractivity contribution in [3.63, 3.8) is 0 Å².